The third kappa shape index (κ3) is 2.99. The van der Waals surface area contributed by atoms with Crippen molar-refractivity contribution >= 4 is 11.9 Å². The molecule has 2 aromatic heterocycles. The van der Waals surface area contributed by atoms with Gasteiger partial charge in [0.05, 0.1) is 24.2 Å². The minimum atomic E-state index is -0.427. The fourth-order valence-electron chi connectivity index (χ4n) is 4.07. The molecule has 1 spiro atoms. The quantitative estimate of drug-likeness (QED) is 0.838. The Kier molecular flexibility index (Phi) is 3.94. The molecule has 2 aromatic rings. The molecule has 0 radical (unpaired) electrons. The number of amides is 1. The summed E-state index contributed by atoms with van der Waals surface area (Å²) in [6.45, 7) is 4.96. The minimum Gasteiger partial charge on any atom is -0.469 e. The number of nitrogens with zero attached hydrogens (tertiary/aromatic N) is 4. The fourth-order valence-corrected chi connectivity index (χ4v) is 4.07. The molecular weight excluding hydrogens is 323 g/mol. The molecule has 2 aliphatic heterocycles. The highest BCUT2D eigenvalue weighted by Crippen LogP contribution is 2.40. The molecule has 2 aliphatic rings. The lowest BCUT2D eigenvalue weighted by Gasteiger charge is -2.40. The Morgan fingerprint density at radius 1 is 1.24 bits per heavy atom. The second kappa shape index (κ2) is 6.13. The molecule has 0 aromatic carbocycles. The van der Waals surface area contributed by atoms with Gasteiger partial charge in [-0.05, 0) is 32.3 Å². The van der Waals surface area contributed by atoms with Crippen LogP contribution in [0.5, 0.6) is 0 Å². The molecule has 0 N–H and O–H groups in total. The monoisotopic (exact) mass is 344 g/mol. The van der Waals surface area contributed by atoms with E-state index in [0.717, 1.165) is 45.4 Å². The average molecular weight is 344 g/mol. The summed E-state index contributed by atoms with van der Waals surface area (Å²) in [5.41, 5.74) is 0.704. The second-order valence-electron chi connectivity index (χ2n) is 7.09. The molecule has 0 saturated carbocycles. The second-order valence-corrected chi connectivity index (χ2v) is 7.09. The SMILES string of the molecule is Cc1occc1C(=O)N1CC[C@]2(CCCN(c3ncc(F)cn3)C2)C1. The van der Waals surface area contributed by atoms with Gasteiger partial charge in [-0.25, -0.2) is 14.4 Å². The predicted molar refractivity (Wildman–Crippen MR) is 89.8 cm³/mol. The van der Waals surface area contributed by atoms with E-state index in [4.69, 9.17) is 4.42 Å². The number of likely N-dealkylation sites (tertiary alicyclic amines) is 1. The van der Waals surface area contributed by atoms with Crippen LogP contribution in [-0.4, -0.2) is 47.0 Å². The molecule has 2 saturated heterocycles. The molecule has 1 atom stereocenters. The van der Waals surface area contributed by atoms with Crippen LogP contribution in [0.25, 0.3) is 0 Å². The topological polar surface area (TPSA) is 62.5 Å². The lowest BCUT2D eigenvalue weighted by Crippen LogP contribution is -2.46. The summed E-state index contributed by atoms with van der Waals surface area (Å²) in [5.74, 6) is 0.841. The number of piperidine rings is 1. The lowest BCUT2D eigenvalue weighted by atomic mass is 9.79. The van der Waals surface area contributed by atoms with Gasteiger partial charge in [0.15, 0.2) is 5.82 Å². The fraction of sp³-hybridized carbons (Fsp3) is 0.500. The van der Waals surface area contributed by atoms with Crippen molar-refractivity contribution in [1.29, 1.82) is 0 Å². The van der Waals surface area contributed by atoms with Crippen molar-refractivity contribution in [2.24, 2.45) is 5.41 Å². The number of furan rings is 1. The number of carbonyl (C=O) groups is 1. The van der Waals surface area contributed by atoms with Crippen molar-refractivity contribution in [1.82, 2.24) is 14.9 Å². The van der Waals surface area contributed by atoms with Crippen LogP contribution in [-0.2, 0) is 0 Å². The number of aryl methyl sites for hydroxylation is 1. The summed E-state index contributed by atoms with van der Waals surface area (Å²) in [5, 5.41) is 0. The summed E-state index contributed by atoms with van der Waals surface area (Å²) < 4.78 is 18.3. The smallest absolute Gasteiger partial charge is 0.257 e. The molecule has 0 unspecified atom stereocenters. The van der Waals surface area contributed by atoms with E-state index in [1.807, 2.05) is 11.8 Å². The first-order valence-corrected chi connectivity index (χ1v) is 8.62. The molecular formula is C18H21FN4O2. The van der Waals surface area contributed by atoms with Crippen molar-refractivity contribution in [3.63, 3.8) is 0 Å². The number of hydrogen-bond acceptors (Lipinski definition) is 5. The van der Waals surface area contributed by atoms with Crippen LogP contribution < -0.4 is 4.90 Å². The Hall–Kier alpha value is -2.44. The van der Waals surface area contributed by atoms with Crippen LogP contribution in [0.4, 0.5) is 10.3 Å². The zero-order valence-electron chi connectivity index (χ0n) is 14.2. The van der Waals surface area contributed by atoms with Crippen molar-refractivity contribution in [2.45, 2.75) is 26.2 Å². The van der Waals surface area contributed by atoms with Crippen LogP contribution in [0.2, 0.25) is 0 Å². The van der Waals surface area contributed by atoms with Gasteiger partial charge in [-0.15, -0.1) is 0 Å². The zero-order chi connectivity index (χ0) is 17.4. The summed E-state index contributed by atoms with van der Waals surface area (Å²) in [4.78, 5) is 25.0. The number of rotatable bonds is 2. The lowest BCUT2D eigenvalue weighted by molar-refractivity contribution is 0.0765. The zero-order valence-corrected chi connectivity index (χ0v) is 14.2. The van der Waals surface area contributed by atoms with E-state index in [1.165, 1.54) is 12.4 Å². The van der Waals surface area contributed by atoms with Gasteiger partial charge in [0.2, 0.25) is 5.95 Å². The van der Waals surface area contributed by atoms with Gasteiger partial charge in [0, 0.05) is 31.6 Å². The normalized spacial score (nSPS) is 23.4. The van der Waals surface area contributed by atoms with Crippen molar-refractivity contribution < 1.29 is 13.6 Å². The molecule has 7 heteroatoms. The highest BCUT2D eigenvalue weighted by Gasteiger charge is 2.43. The minimum absolute atomic E-state index is 0.0401. The molecule has 4 heterocycles. The van der Waals surface area contributed by atoms with Crippen molar-refractivity contribution in [3.8, 4) is 0 Å². The molecule has 132 valence electrons. The van der Waals surface area contributed by atoms with E-state index < -0.39 is 5.82 Å². The molecule has 4 rings (SSSR count). The molecule has 0 aliphatic carbocycles. The van der Waals surface area contributed by atoms with Crippen LogP contribution in [0, 0.1) is 18.2 Å². The molecule has 0 bridgehead atoms. The molecule has 1 amide bonds. The molecule has 6 nitrogen and oxygen atoms in total. The Morgan fingerprint density at radius 3 is 2.76 bits per heavy atom. The van der Waals surface area contributed by atoms with Gasteiger partial charge in [-0.3, -0.25) is 4.79 Å². The van der Waals surface area contributed by atoms with Crippen molar-refractivity contribution in [3.05, 3.63) is 41.9 Å². The first kappa shape index (κ1) is 16.1. The van der Waals surface area contributed by atoms with E-state index in [-0.39, 0.29) is 11.3 Å². The van der Waals surface area contributed by atoms with Gasteiger partial charge in [-0.1, -0.05) is 0 Å². The highest BCUT2D eigenvalue weighted by molar-refractivity contribution is 5.95. The summed E-state index contributed by atoms with van der Waals surface area (Å²) in [6, 6.07) is 1.74. The summed E-state index contributed by atoms with van der Waals surface area (Å²) in [7, 11) is 0. The average Bonchev–Trinajstić information content (AvgIpc) is 3.22. The third-order valence-corrected chi connectivity index (χ3v) is 5.37. The maximum absolute atomic E-state index is 13.1. The molecule has 25 heavy (non-hydrogen) atoms. The van der Waals surface area contributed by atoms with E-state index in [0.29, 0.717) is 17.3 Å². The van der Waals surface area contributed by atoms with Crippen LogP contribution in [0.1, 0.15) is 35.4 Å². The van der Waals surface area contributed by atoms with Crippen LogP contribution in [0.3, 0.4) is 0 Å². The standard InChI is InChI=1S/C18H21FN4O2/c1-13-15(3-8-25-13)16(24)22-7-5-18(11-22)4-2-6-23(12-18)17-20-9-14(19)10-21-17/h3,8-10H,2,4-7,11-12H2,1H3/t18-/m1/s1. The third-order valence-electron chi connectivity index (χ3n) is 5.37. The number of hydrogen-bond donors (Lipinski definition) is 0. The number of aromatic nitrogens is 2. The van der Waals surface area contributed by atoms with E-state index in [2.05, 4.69) is 14.9 Å². The Labute approximate surface area is 145 Å². The van der Waals surface area contributed by atoms with Gasteiger partial charge < -0.3 is 14.2 Å². The predicted octanol–water partition coefficient (Wildman–Crippen LogP) is 2.65. The highest BCUT2D eigenvalue weighted by atomic mass is 19.1. The van der Waals surface area contributed by atoms with E-state index in [9.17, 15) is 9.18 Å². The van der Waals surface area contributed by atoms with Gasteiger partial charge in [0.1, 0.15) is 5.76 Å². The number of anilines is 1. The first-order valence-electron chi connectivity index (χ1n) is 8.62. The van der Waals surface area contributed by atoms with Gasteiger partial charge in [0.25, 0.3) is 5.91 Å². The first-order chi connectivity index (χ1) is 12.1. The van der Waals surface area contributed by atoms with E-state index >= 15 is 0 Å². The summed E-state index contributed by atoms with van der Waals surface area (Å²) >= 11 is 0. The Morgan fingerprint density at radius 2 is 2.04 bits per heavy atom. The molecule has 2 fully saturated rings. The van der Waals surface area contributed by atoms with Crippen LogP contribution in [0.15, 0.2) is 29.1 Å². The van der Waals surface area contributed by atoms with Crippen LogP contribution >= 0.6 is 0 Å². The Bertz CT molecular complexity index is 776. The maximum Gasteiger partial charge on any atom is 0.257 e. The number of halogens is 1. The van der Waals surface area contributed by atoms with Gasteiger partial charge >= 0.3 is 0 Å². The van der Waals surface area contributed by atoms with E-state index in [1.54, 1.807) is 12.3 Å². The largest absolute Gasteiger partial charge is 0.469 e. The Balaban J connectivity index is 1.48. The maximum atomic E-state index is 13.1. The number of carbonyl (C=O) groups excluding carboxylic acids is 1. The van der Waals surface area contributed by atoms with Gasteiger partial charge in [-0.2, -0.15) is 0 Å². The van der Waals surface area contributed by atoms with Crippen molar-refractivity contribution in [2.75, 3.05) is 31.1 Å². The summed E-state index contributed by atoms with van der Waals surface area (Å²) in [6.07, 6.45) is 7.04.